The summed E-state index contributed by atoms with van der Waals surface area (Å²) in [5, 5.41) is 8.83. The van der Waals surface area contributed by atoms with Crippen LogP contribution in [0.25, 0.3) is 0 Å². The highest BCUT2D eigenvalue weighted by molar-refractivity contribution is 5.90. The van der Waals surface area contributed by atoms with E-state index in [1.54, 1.807) is 6.20 Å². The van der Waals surface area contributed by atoms with Crippen LogP contribution < -0.4 is 20.7 Å². The lowest BCUT2D eigenvalue weighted by Crippen LogP contribution is -2.54. The number of hydrogen-bond donors (Lipinski definition) is 4. The van der Waals surface area contributed by atoms with Gasteiger partial charge in [0.05, 0.1) is 18.6 Å². The summed E-state index contributed by atoms with van der Waals surface area (Å²) in [4.78, 5) is 49.9. The van der Waals surface area contributed by atoms with Crippen LogP contribution >= 0.6 is 0 Å². The van der Waals surface area contributed by atoms with Crippen LogP contribution in [-0.2, 0) is 41.1 Å². The molecule has 51 heavy (non-hydrogen) atoms. The predicted molar refractivity (Wildman–Crippen MR) is 196 cm³/mol. The van der Waals surface area contributed by atoms with Crippen LogP contribution in [0.5, 0.6) is 5.75 Å². The van der Waals surface area contributed by atoms with E-state index >= 15 is 0 Å². The van der Waals surface area contributed by atoms with Gasteiger partial charge in [-0.2, -0.15) is 0 Å². The second kappa shape index (κ2) is 17.2. The van der Waals surface area contributed by atoms with Gasteiger partial charge in [-0.05, 0) is 47.2 Å². The normalized spacial score (nSPS) is 13.6. The topological polar surface area (TPSA) is 128 Å². The van der Waals surface area contributed by atoms with Crippen molar-refractivity contribution in [3.05, 3.63) is 156 Å². The van der Waals surface area contributed by atoms with E-state index in [0.29, 0.717) is 31.1 Å². The van der Waals surface area contributed by atoms with Crippen LogP contribution in [0.4, 0.5) is 4.79 Å². The summed E-state index contributed by atoms with van der Waals surface area (Å²) in [6, 6.07) is 35.7. The highest BCUT2D eigenvalue weighted by Gasteiger charge is 2.39. The van der Waals surface area contributed by atoms with E-state index < -0.39 is 18.0 Å². The minimum atomic E-state index is -0.979. The zero-order valence-electron chi connectivity index (χ0n) is 28.6. The van der Waals surface area contributed by atoms with Gasteiger partial charge in [-0.1, -0.05) is 110 Å². The van der Waals surface area contributed by atoms with Crippen molar-refractivity contribution in [1.29, 1.82) is 0 Å². The third kappa shape index (κ3) is 9.85. The zero-order chi connectivity index (χ0) is 35.3. The SMILES string of the molecule is O=C(CN(Cc1ccc(OCc2ccccc2)cc1)C(=O)[C@H](Cc1c[nH]cn1)NC(=O)NCc1ccccc1)NCC1(c2ccccc2)CCC1. The Morgan fingerprint density at radius 3 is 2.10 bits per heavy atom. The van der Waals surface area contributed by atoms with E-state index in [2.05, 4.69) is 38.1 Å². The molecule has 1 heterocycles. The Morgan fingerprint density at radius 2 is 1.47 bits per heavy atom. The van der Waals surface area contributed by atoms with E-state index in [9.17, 15) is 14.4 Å². The smallest absolute Gasteiger partial charge is 0.315 e. The maximum absolute atomic E-state index is 14.4. The lowest BCUT2D eigenvalue weighted by molar-refractivity contribution is -0.138. The molecule has 4 aromatic carbocycles. The summed E-state index contributed by atoms with van der Waals surface area (Å²) < 4.78 is 5.97. The second-order valence-electron chi connectivity index (χ2n) is 13.0. The van der Waals surface area contributed by atoms with Gasteiger partial charge in [-0.25, -0.2) is 9.78 Å². The Morgan fingerprint density at radius 1 is 0.804 bits per heavy atom. The molecular weight excluding hydrogens is 640 g/mol. The lowest BCUT2D eigenvalue weighted by Gasteiger charge is -2.42. The molecule has 0 aliphatic heterocycles. The molecule has 6 rings (SSSR count). The average molecular weight is 685 g/mol. The van der Waals surface area contributed by atoms with Gasteiger partial charge in [0.25, 0.3) is 0 Å². The third-order valence-corrected chi connectivity index (χ3v) is 9.38. The van der Waals surface area contributed by atoms with Crippen LogP contribution in [0.15, 0.2) is 128 Å². The maximum Gasteiger partial charge on any atom is 0.315 e. The van der Waals surface area contributed by atoms with Crippen LogP contribution in [0.3, 0.4) is 0 Å². The molecule has 1 aliphatic rings. The first kappa shape index (κ1) is 34.9. The van der Waals surface area contributed by atoms with Gasteiger partial charge in [0.2, 0.25) is 11.8 Å². The molecule has 1 atom stereocenters. The number of carbonyl (C=O) groups is 3. The molecule has 1 fully saturated rings. The largest absolute Gasteiger partial charge is 0.489 e. The fraction of sp³-hybridized carbons (Fsp3) is 0.268. The minimum absolute atomic E-state index is 0.109. The Bertz CT molecular complexity index is 1830. The molecule has 0 bridgehead atoms. The van der Waals surface area contributed by atoms with Gasteiger partial charge >= 0.3 is 6.03 Å². The van der Waals surface area contributed by atoms with Crippen LogP contribution in [0.1, 0.15) is 47.2 Å². The van der Waals surface area contributed by atoms with Crippen molar-refractivity contribution in [2.75, 3.05) is 13.1 Å². The molecule has 1 saturated carbocycles. The van der Waals surface area contributed by atoms with Crippen LogP contribution in [-0.4, -0.2) is 51.8 Å². The van der Waals surface area contributed by atoms with Crippen molar-refractivity contribution in [1.82, 2.24) is 30.8 Å². The quantitative estimate of drug-likeness (QED) is 0.107. The van der Waals surface area contributed by atoms with Gasteiger partial charge in [0.1, 0.15) is 18.4 Å². The average Bonchev–Trinajstić information content (AvgIpc) is 3.67. The van der Waals surface area contributed by atoms with Crippen LogP contribution in [0, 0.1) is 0 Å². The van der Waals surface area contributed by atoms with Crippen molar-refractivity contribution in [3.63, 3.8) is 0 Å². The first-order valence-electron chi connectivity index (χ1n) is 17.4. The van der Waals surface area contributed by atoms with Crippen molar-refractivity contribution in [2.24, 2.45) is 0 Å². The second-order valence-corrected chi connectivity index (χ2v) is 13.0. The van der Waals surface area contributed by atoms with E-state index in [-0.39, 0.29) is 30.8 Å². The molecule has 4 N–H and O–H groups in total. The minimum Gasteiger partial charge on any atom is -0.489 e. The monoisotopic (exact) mass is 684 g/mol. The number of ether oxygens (including phenoxy) is 1. The summed E-state index contributed by atoms with van der Waals surface area (Å²) in [6.07, 6.45) is 6.45. The van der Waals surface area contributed by atoms with Gasteiger partial charge in [0.15, 0.2) is 0 Å². The number of nitrogens with zero attached hydrogens (tertiary/aromatic N) is 2. The van der Waals surface area contributed by atoms with E-state index in [4.69, 9.17) is 4.74 Å². The van der Waals surface area contributed by atoms with Gasteiger partial charge < -0.3 is 30.6 Å². The molecule has 0 saturated heterocycles. The molecule has 5 aromatic rings. The number of H-pyrrole nitrogens is 1. The van der Waals surface area contributed by atoms with Crippen molar-refractivity contribution < 1.29 is 19.1 Å². The van der Waals surface area contributed by atoms with Gasteiger partial charge in [0, 0.05) is 37.7 Å². The molecule has 0 radical (unpaired) electrons. The molecule has 0 unspecified atom stereocenters. The number of benzene rings is 4. The standard InChI is InChI=1S/C41H44N6O4/c48-38(44-29-41(21-10-22-41)34-15-8-3-9-16-34)27-47(26-32-17-19-36(20-18-32)51-28-33-13-6-2-7-14-33)39(49)37(23-35-25-42-30-45-35)46-40(50)43-24-31-11-4-1-5-12-31/h1-9,11-20,25,30,37H,10,21-24,26-29H2,(H,42,45)(H,44,48)(H2,43,46,50)/t37-/m0/s1. The highest BCUT2D eigenvalue weighted by Crippen LogP contribution is 2.43. The van der Waals surface area contributed by atoms with Gasteiger partial charge in [-0.15, -0.1) is 0 Å². The Labute approximate surface area is 298 Å². The lowest BCUT2D eigenvalue weighted by atomic mass is 9.64. The number of amides is 4. The summed E-state index contributed by atoms with van der Waals surface area (Å²) in [5.41, 5.74) is 4.51. The number of carbonyl (C=O) groups excluding carboxylic acids is 3. The Hall–Kier alpha value is -5.90. The molecule has 10 heteroatoms. The predicted octanol–water partition coefficient (Wildman–Crippen LogP) is 5.67. The number of rotatable bonds is 16. The molecule has 10 nitrogen and oxygen atoms in total. The first-order valence-corrected chi connectivity index (χ1v) is 17.4. The molecule has 262 valence electrons. The summed E-state index contributed by atoms with van der Waals surface area (Å²) in [6.45, 7) is 1.19. The summed E-state index contributed by atoms with van der Waals surface area (Å²) >= 11 is 0. The van der Waals surface area contributed by atoms with E-state index in [1.807, 2.05) is 103 Å². The number of imidazole rings is 1. The Balaban J connectivity index is 1.17. The van der Waals surface area contributed by atoms with E-state index in [0.717, 1.165) is 36.0 Å². The van der Waals surface area contributed by atoms with Crippen molar-refractivity contribution in [2.45, 2.75) is 56.8 Å². The number of nitrogens with one attached hydrogen (secondary N) is 4. The number of aromatic nitrogens is 2. The molecule has 1 aromatic heterocycles. The highest BCUT2D eigenvalue weighted by atomic mass is 16.5. The van der Waals surface area contributed by atoms with Crippen molar-refractivity contribution in [3.8, 4) is 5.75 Å². The fourth-order valence-corrected chi connectivity index (χ4v) is 6.34. The fourth-order valence-electron chi connectivity index (χ4n) is 6.34. The Kier molecular flexibility index (Phi) is 11.8. The van der Waals surface area contributed by atoms with Gasteiger partial charge in [-0.3, -0.25) is 9.59 Å². The molecule has 1 aliphatic carbocycles. The summed E-state index contributed by atoms with van der Waals surface area (Å²) in [7, 11) is 0. The number of hydrogen-bond acceptors (Lipinski definition) is 5. The first-order chi connectivity index (χ1) is 25.0. The molecule has 4 amide bonds. The molecular formula is C41H44N6O4. The third-order valence-electron chi connectivity index (χ3n) is 9.38. The van der Waals surface area contributed by atoms with Crippen LogP contribution in [0.2, 0.25) is 0 Å². The zero-order valence-corrected chi connectivity index (χ0v) is 28.6. The van der Waals surface area contributed by atoms with Crippen molar-refractivity contribution >= 4 is 17.8 Å². The molecule has 0 spiro atoms. The number of aromatic amines is 1. The maximum atomic E-state index is 14.4. The number of urea groups is 1. The summed E-state index contributed by atoms with van der Waals surface area (Å²) in [5.74, 6) is 0.0346. The van der Waals surface area contributed by atoms with E-state index in [1.165, 1.54) is 16.8 Å².